The van der Waals surface area contributed by atoms with Crippen molar-refractivity contribution in [1.29, 1.82) is 0 Å². The molecular weight excluding hydrogens is 610 g/mol. The summed E-state index contributed by atoms with van der Waals surface area (Å²) in [5.41, 5.74) is 0. The van der Waals surface area contributed by atoms with Gasteiger partial charge in [-0.25, -0.2) is 0 Å². The van der Waals surface area contributed by atoms with Crippen LogP contribution in [0, 0.1) is 5.92 Å². The Morgan fingerprint density at radius 3 is 1.36 bits per heavy atom. The molecule has 0 aromatic carbocycles. The first kappa shape index (κ1) is 53.3. The summed E-state index contributed by atoms with van der Waals surface area (Å²) in [5, 5.41) is 17.7. The fraction of sp³-hybridized carbons (Fsp3) is 0.846. The van der Waals surface area contributed by atoms with E-state index in [1.54, 1.807) is 0 Å². The van der Waals surface area contributed by atoms with E-state index in [9.17, 15) is 32.1 Å². The molecule has 0 radical (unpaired) electrons. The molecule has 1 atom stereocenters. The van der Waals surface area contributed by atoms with Crippen molar-refractivity contribution < 1.29 is 165 Å². The largest absolute Gasteiger partial charge is 1.00 e. The van der Waals surface area contributed by atoms with Gasteiger partial charge in [-0.3, -0.25) is 23.7 Å². The fourth-order valence-corrected chi connectivity index (χ4v) is 4.63. The molecule has 0 saturated heterocycles. The molecule has 0 spiro atoms. The van der Waals surface area contributed by atoms with E-state index >= 15 is 0 Å². The van der Waals surface area contributed by atoms with Crippen LogP contribution < -0.4 is 124 Å². The molecule has 1 amide bonds. The molecule has 0 bridgehead atoms. The van der Waals surface area contributed by atoms with Crippen molar-refractivity contribution in [3.8, 4) is 0 Å². The minimum absolute atomic E-state index is 0. The Kier molecular flexibility index (Phi) is 43.3. The molecule has 0 aliphatic heterocycles. The number of aliphatic carboxylic acids is 2. The smallest absolute Gasteiger partial charge is 0.481 e. The van der Waals surface area contributed by atoms with Gasteiger partial charge in [-0.15, -0.1) is 0 Å². The van der Waals surface area contributed by atoms with Crippen molar-refractivity contribution in [3.63, 3.8) is 0 Å². The maximum Gasteiger partial charge on any atom is 1.00 e. The van der Waals surface area contributed by atoms with Crippen molar-refractivity contribution in [2.24, 2.45) is 5.92 Å². The maximum absolute atomic E-state index is 12.0. The van der Waals surface area contributed by atoms with Crippen LogP contribution in [0.2, 0.25) is 0 Å². The molecule has 11 nitrogen and oxygen atoms in total. The molecule has 0 aromatic heterocycles. The summed E-state index contributed by atoms with van der Waals surface area (Å²) in [6, 6.07) is 0. The maximum atomic E-state index is 12.0. The summed E-state index contributed by atoms with van der Waals surface area (Å²) in [7, 11) is -5.04. The predicted molar refractivity (Wildman–Crippen MR) is 142 cm³/mol. The van der Waals surface area contributed by atoms with Crippen LogP contribution in [0.3, 0.4) is 0 Å². The Labute approximate surface area is 340 Å². The van der Waals surface area contributed by atoms with Crippen molar-refractivity contribution in [2.75, 3.05) is 13.2 Å². The summed E-state index contributed by atoms with van der Waals surface area (Å²) < 4.78 is 36.7. The molecule has 0 heterocycles. The zero-order valence-electron chi connectivity index (χ0n) is 26.7. The van der Waals surface area contributed by atoms with Crippen LogP contribution in [0.1, 0.15) is 116 Å². The summed E-state index contributed by atoms with van der Waals surface area (Å²) in [5.74, 6) is -8.09. The van der Waals surface area contributed by atoms with Crippen LogP contribution in [0.15, 0.2) is 0 Å². The van der Waals surface area contributed by atoms with E-state index in [0.29, 0.717) is 6.42 Å². The normalized spacial score (nSPS) is 11.1. The second-order valence-electron chi connectivity index (χ2n) is 9.72. The Balaban J connectivity index is -0.00000114. The number of carboxylic acids is 2. The molecule has 1 unspecified atom stereocenters. The van der Waals surface area contributed by atoms with Gasteiger partial charge in [0.25, 0.3) is 10.1 Å². The number of esters is 1. The number of amides is 1. The van der Waals surface area contributed by atoms with Crippen LogP contribution in [0.5, 0.6) is 0 Å². The summed E-state index contributed by atoms with van der Waals surface area (Å²) in [4.78, 5) is 45.7. The number of carboxylic acid groups (broad SMARTS) is 2. The van der Waals surface area contributed by atoms with Crippen molar-refractivity contribution in [3.05, 3.63) is 0 Å². The van der Waals surface area contributed by atoms with Crippen LogP contribution in [0.25, 0.3) is 0 Å². The van der Waals surface area contributed by atoms with Crippen LogP contribution in [0.4, 0.5) is 0 Å². The van der Waals surface area contributed by atoms with E-state index in [-0.39, 0.29) is 125 Å². The first-order chi connectivity index (χ1) is 18.0. The van der Waals surface area contributed by atoms with E-state index in [2.05, 4.69) is 17.0 Å². The predicted octanol–water partition coefficient (Wildman–Crippen LogP) is -7.64. The number of hydrogen-bond donors (Lipinski definition) is 4. The summed E-state index contributed by atoms with van der Waals surface area (Å²) in [6.07, 6.45) is 18.4. The molecule has 0 rings (SSSR count). The fourth-order valence-electron chi connectivity index (χ4n) is 3.96. The van der Waals surface area contributed by atoms with Gasteiger partial charge < -0.3 is 20.3 Å². The number of unbranched alkanes of at least 4 members (excludes halogenated alkanes) is 15. The molecule has 0 aromatic rings. The zero-order valence-corrected chi connectivity index (χ0v) is 35.5. The van der Waals surface area contributed by atoms with Gasteiger partial charge in [0.05, 0.1) is 6.42 Å². The minimum Gasteiger partial charge on any atom is -0.481 e. The third-order valence-electron chi connectivity index (χ3n) is 6.33. The summed E-state index contributed by atoms with van der Waals surface area (Å²) in [6.45, 7) is 1.36. The second kappa shape index (κ2) is 34.1. The van der Waals surface area contributed by atoms with Gasteiger partial charge in [-0.2, -0.15) is 8.42 Å². The number of hydrogen-bond acceptors (Lipinski definition) is 7. The first-order valence-electron chi connectivity index (χ1n) is 13.9. The van der Waals surface area contributed by atoms with Crippen molar-refractivity contribution in [2.45, 2.75) is 121 Å². The van der Waals surface area contributed by atoms with E-state index in [1.807, 2.05) is 0 Å². The Hall–Kier alpha value is 1.79. The molecule has 4 N–H and O–H groups in total. The molecule has 0 fully saturated rings. The average molecular weight is 658 g/mol. The van der Waals surface area contributed by atoms with Gasteiger partial charge in [-0.1, -0.05) is 103 Å². The van der Waals surface area contributed by atoms with Crippen molar-refractivity contribution >= 4 is 33.9 Å². The average Bonchev–Trinajstić information content (AvgIpc) is 2.83. The molecule has 0 aliphatic carbocycles. The summed E-state index contributed by atoms with van der Waals surface area (Å²) >= 11 is 0. The molecule has 42 heavy (non-hydrogen) atoms. The number of nitrogens with one attached hydrogen (secondary N) is 1. The number of carbonyl (C=O) groups excluding carboxylic acids is 2. The second-order valence-corrected chi connectivity index (χ2v) is 11.3. The van der Waals surface area contributed by atoms with E-state index in [1.165, 1.54) is 77.0 Å². The van der Waals surface area contributed by atoms with E-state index in [4.69, 9.17) is 10.2 Å². The van der Waals surface area contributed by atoms with Crippen LogP contribution in [-0.2, 0) is 34.0 Å². The van der Waals surface area contributed by atoms with Gasteiger partial charge >= 0.3 is 136 Å². The quantitative estimate of drug-likeness (QED) is 0.0242. The topological polar surface area (TPSA) is 184 Å². The van der Waals surface area contributed by atoms with Gasteiger partial charge in [-0.05, 0) is 6.42 Å². The Bertz CT molecular complexity index is 805. The molecule has 222 valence electrons. The molecule has 0 aliphatic rings. The van der Waals surface area contributed by atoms with Gasteiger partial charge in [0.2, 0.25) is 5.91 Å². The molecular formula is C26H47NNa4O10S+4. The standard InChI is InChI=1S/C26H47NO10S.4Na/c1-2-3-4-5-6-7-8-9-10-11-12-13-14-15-16-17-18-27-23(28)19-22(38(34,35)36)26(33)37-20-21(24(29)30)25(31)32;;;;/h21-22H,2-20H2,1H3,(H,27,28)(H,29,30)(H,31,32)(H,34,35,36);;;;/q;4*+1. The molecule has 0 saturated carbocycles. The van der Waals surface area contributed by atoms with Crippen molar-refractivity contribution in [1.82, 2.24) is 5.32 Å². The number of carbonyl (C=O) groups is 4. The van der Waals surface area contributed by atoms with Gasteiger partial charge in [0.15, 0.2) is 11.2 Å². The van der Waals surface area contributed by atoms with E-state index < -0.39 is 58.1 Å². The third-order valence-corrected chi connectivity index (χ3v) is 7.41. The van der Waals surface area contributed by atoms with Gasteiger partial charge in [0, 0.05) is 6.54 Å². The van der Waals surface area contributed by atoms with Gasteiger partial charge in [0.1, 0.15) is 6.61 Å². The van der Waals surface area contributed by atoms with E-state index in [0.717, 1.165) is 19.3 Å². The van der Waals surface area contributed by atoms with Crippen LogP contribution >= 0.6 is 0 Å². The Morgan fingerprint density at radius 2 is 1.02 bits per heavy atom. The zero-order chi connectivity index (χ0) is 28.8. The number of ether oxygens (including phenoxy) is 1. The monoisotopic (exact) mass is 657 g/mol. The number of rotatable bonds is 25. The molecule has 16 heteroatoms. The first-order valence-corrected chi connectivity index (χ1v) is 15.4. The Morgan fingerprint density at radius 1 is 0.667 bits per heavy atom. The third kappa shape index (κ3) is 30.4. The van der Waals surface area contributed by atoms with Crippen LogP contribution in [-0.4, -0.2) is 65.4 Å². The minimum atomic E-state index is -5.04. The SMILES string of the molecule is CCCCCCCCCCCCCCCCCCNC(=O)CC(C(=O)OCC(C(=O)O)C(=O)O)S(=O)(=O)O.[Na+].[Na+].[Na+].[Na+].